The number of benzene rings is 1. The van der Waals surface area contributed by atoms with Gasteiger partial charge in [-0.1, -0.05) is 35.4 Å². The van der Waals surface area contributed by atoms with Gasteiger partial charge < -0.3 is 5.32 Å². The molecule has 0 saturated carbocycles. The molecule has 0 aliphatic carbocycles. The maximum Gasteiger partial charge on any atom is 0.0411 e. The Morgan fingerprint density at radius 1 is 1.38 bits per heavy atom. The van der Waals surface area contributed by atoms with Gasteiger partial charge in [-0.05, 0) is 30.7 Å². The molecule has 1 heterocycles. The van der Waals surface area contributed by atoms with E-state index in [0.717, 1.165) is 24.5 Å². The van der Waals surface area contributed by atoms with E-state index in [0.29, 0.717) is 0 Å². The molecule has 0 bridgehead atoms. The van der Waals surface area contributed by atoms with Crippen LogP contribution in [0.3, 0.4) is 0 Å². The molecular weight excluding hydrogens is 182 g/mol. The maximum atomic E-state index is 5.89. The van der Waals surface area contributed by atoms with Crippen LogP contribution in [0.15, 0.2) is 29.8 Å². The molecule has 0 aromatic heterocycles. The van der Waals surface area contributed by atoms with Crippen molar-refractivity contribution in [2.75, 3.05) is 13.1 Å². The number of rotatable bonds is 1. The first kappa shape index (κ1) is 8.79. The van der Waals surface area contributed by atoms with Crippen molar-refractivity contribution in [1.29, 1.82) is 0 Å². The van der Waals surface area contributed by atoms with E-state index >= 15 is 0 Å². The summed E-state index contributed by atoms with van der Waals surface area (Å²) in [5.74, 6) is 0. The Kier molecular flexibility index (Phi) is 2.67. The van der Waals surface area contributed by atoms with Crippen molar-refractivity contribution in [1.82, 2.24) is 5.32 Å². The molecule has 1 saturated heterocycles. The highest BCUT2D eigenvalue weighted by Crippen LogP contribution is 2.16. The van der Waals surface area contributed by atoms with Crippen LogP contribution in [0.1, 0.15) is 12.0 Å². The van der Waals surface area contributed by atoms with Crippen molar-refractivity contribution in [2.24, 2.45) is 0 Å². The lowest BCUT2D eigenvalue weighted by molar-refractivity contribution is 0.862. The number of hydrogen-bond acceptors (Lipinski definition) is 1. The Morgan fingerprint density at radius 2 is 2.31 bits per heavy atom. The summed E-state index contributed by atoms with van der Waals surface area (Å²) in [5.41, 5.74) is 2.66. The van der Waals surface area contributed by atoms with Crippen molar-refractivity contribution in [3.63, 3.8) is 0 Å². The second-order valence-electron chi connectivity index (χ2n) is 3.28. The highest BCUT2D eigenvalue weighted by atomic mass is 35.5. The Labute approximate surface area is 83.4 Å². The minimum absolute atomic E-state index is 0.806. The number of hydrogen-bond donors (Lipinski definition) is 1. The largest absolute Gasteiger partial charge is 0.313 e. The molecule has 1 nitrogen and oxygen atoms in total. The van der Waals surface area contributed by atoms with Crippen molar-refractivity contribution in [2.45, 2.75) is 6.42 Å². The molecule has 0 spiro atoms. The Bertz CT molecular complexity index is 323. The molecule has 0 radical (unpaired) electrons. The Morgan fingerprint density at radius 3 is 3.00 bits per heavy atom. The summed E-state index contributed by atoms with van der Waals surface area (Å²) in [6, 6.07) is 7.96. The summed E-state index contributed by atoms with van der Waals surface area (Å²) in [7, 11) is 0. The van der Waals surface area contributed by atoms with Crippen LogP contribution in [0, 0.1) is 0 Å². The molecule has 0 unspecified atom stereocenters. The van der Waals surface area contributed by atoms with E-state index < -0.39 is 0 Å². The topological polar surface area (TPSA) is 12.0 Å². The van der Waals surface area contributed by atoms with Crippen molar-refractivity contribution < 1.29 is 0 Å². The first-order valence-corrected chi connectivity index (χ1v) is 4.88. The molecular formula is C11H12ClN. The van der Waals surface area contributed by atoms with Crippen molar-refractivity contribution in [3.05, 3.63) is 40.4 Å². The van der Waals surface area contributed by atoms with Crippen molar-refractivity contribution in [3.8, 4) is 0 Å². The fraction of sp³-hybridized carbons (Fsp3) is 0.273. The van der Waals surface area contributed by atoms with E-state index in [2.05, 4.69) is 17.5 Å². The summed E-state index contributed by atoms with van der Waals surface area (Å²) in [4.78, 5) is 0. The summed E-state index contributed by atoms with van der Waals surface area (Å²) in [6.45, 7) is 2.12. The van der Waals surface area contributed by atoms with Gasteiger partial charge in [0.05, 0.1) is 0 Å². The second-order valence-corrected chi connectivity index (χ2v) is 3.72. The molecule has 2 heteroatoms. The smallest absolute Gasteiger partial charge is 0.0411 e. The van der Waals surface area contributed by atoms with E-state index in [1.807, 2.05) is 18.2 Å². The summed E-state index contributed by atoms with van der Waals surface area (Å²) in [6.07, 6.45) is 3.37. The first-order valence-electron chi connectivity index (χ1n) is 4.50. The molecule has 1 aromatic carbocycles. The second kappa shape index (κ2) is 3.95. The van der Waals surface area contributed by atoms with Gasteiger partial charge in [-0.2, -0.15) is 0 Å². The van der Waals surface area contributed by atoms with Gasteiger partial charge in [0.1, 0.15) is 0 Å². The summed E-state index contributed by atoms with van der Waals surface area (Å²) >= 11 is 5.89. The van der Waals surface area contributed by atoms with Crippen LogP contribution in [0.2, 0.25) is 5.02 Å². The normalized spacial score (nSPS) is 19.6. The van der Waals surface area contributed by atoms with Gasteiger partial charge in [0.15, 0.2) is 0 Å². The molecule has 1 N–H and O–H groups in total. The van der Waals surface area contributed by atoms with Gasteiger partial charge >= 0.3 is 0 Å². The molecule has 0 atom stereocenters. The van der Waals surface area contributed by atoms with E-state index in [-0.39, 0.29) is 0 Å². The van der Waals surface area contributed by atoms with Crippen LogP contribution in [0.25, 0.3) is 6.08 Å². The monoisotopic (exact) mass is 193 g/mol. The maximum absolute atomic E-state index is 5.89. The minimum atomic E-state index is 0.806. The van der Waals surface area contributed by atoms with Gasteiger partial charge in [0, 0.05) is 11.6 Å². The first-order chi connectivity index (χ1) is 6.34. The highest BCUT2D eigenvalue weighted by Gasteiger charge is 2.04. The molecule has 1 aliphatic rings. The third-order valence-electron chi connectivity index (χ3n) is 2.19. The van der Waals surface area contributed by atoms with Crippen molar-refractivity contribution >= 4 is 17.7 Å². The molecule has 2 rings (SSSR count). The van der Waals surface area contributed by atoms with E-state index in [1.54, 1.807) is 0 Å². The summed E-state index contributed by atoms with van der Waals surface area (Å²) < 4.78 is 0. The van der Waals surface area contributed by atoms with E-state index in [1.165, 1.54) is 11.1 Å². The van der Waals surface area contributed by atoms with Gasteiger partial charge in [-0.15, -0.1) is 0 Å². The SMILES string of the molecule is Clc1cccc(C=C2CCNC2)c1. The van der Waals surface area contributed by atoms with Crippen LogP contribution >= 0.6 is 11.6 Å². The lowest BCUT2D eigenvalue weighted by Crippen LogP contribution is -2.04. The standard InChI is InChI=1S/C11H12ClN/c12-11-3-1-2-9(7-11)6-10-4-5-13-8-10/h1-3,6-7,13H,4-5,8H2. The zero-order valence-electron chi connectivity index (χ0n) is 7.39. The van der Waals surface area contributed by atoms with Crippen LogP contribution < -0.4 is 5.32 Å². The Hall–Kier alpha value is -0.790. The lowest BCUT2D eigenvalue weighted by atomic mass is 10.1. The van der Waals surface area contributed by atoms with Crippen LogP contribution in [0.5, 0.6) is 0 Å². The lowest BCUT2D eigenvalue weighted by Gasteiger charge is -1.97. The number of halogens is 1. The molecule has 1 aromatic rings. The quantitative estimate of drug-likeness (QED) is 0.723. The van der Waals surface area contributed by atoms with E-state index in [4.69, 9.17) is 11.6 Å². The average Bonchev–Trinajstić information content (AvgIpc) is 2.57. The zero-order valence-corrected chi connectivity index (χ0v) is 8.14. The van der Waals surface area contributed by atoms with E-state index in [9.17, 15) is 0 Å². The highest BCUT2D eigenvalue weighted by molar-refractivity contribution is 6.30. The van der Waals surface area contributed by atoms with Crippen LogP contribution in [0.4, 0.5) is 0 Å². The average molecular weight is 194 g/mol. The third kappa shape index (κ3) is 2.33. The van der Waals surface area contributed by atoms with Gasteiger partial charge in [0.2, 0.25) is 0 Å². The zero-order chi connectivity index (χ0) is 9.10. The minimum Gasteiger partial charge on any atom is -0.313 e. The summed E-state index contributed by atoms with van der Waals surface area (Å²) in [5, 5.41) is 4.11. The molecule has 13 heavy (non-hydrogen) atoms. The predicted molar refractivity (Wildman–Crippen MR) is 56.9 cm³/mol. The van der Waals surface area contributed by atoms with Crippen LogP contribution in [-0.4, -0.2) is 13.1 Å². The number of nitrogens with one attached hydrogen (secondary N) is 1. The predicted octanol–water partition coefficient (Wildman–Crippen LogP) is 2.72. The Balaban J connectivity index is 2.21. The molecule has 0 amide bonds. The molecule has 1 fully saturated rings. The fourth-order valence-electron chi connectivity index (χ4n) is 1.54. The molecule has 1 aliphatic heterocycles. The van der Waals surface area contributed by atoms with Gasteiger partial charge in [0.25, 0.3) is 0 Å². The third-order valence-corrected chi connectivity index (χ3v) is 2.43. The van der Waals surface area contributed by atoms with Gasteiger partial charge in [-0.3, -0.25) is 0 Å². The molecule has 68 valence electrons. The van der Waals surface area contributed by atoms with Crippen LogP contribution in [-0.2, 0) is 0 Å². The van der Waals surface area contributed by atoms with Gasteiger partial charge in [-0.25, -0.2) is 0 Å². The fourth-order valence-corrected chi connectivity index (χ4v) is 1.74.